The van der Waals surface area contributed by atoms with Crippen LogP contribution in [0.4, 0.5) is 18.9 Å². The highest BCUT2D eigenvalue weighted by Gasteiger charge is 2.41. The SMILES string of the molecule is CCNC(=NCc1ccccc1N1CCOCC1)N1CCN(C(C)C(F)(F)F)CC1.I. The molecular formula is C21H33F3IN5O. The van der Waals surface area contributed by atoms with E-state index in [9.17, 15) is 13.2 Å². The minimum absolute atomic E-state index is 0. The number of morpholine rings is 1. The number of alkyl halides is 3. The first-order chi connectivity index (χ1) is 14.4. The highest BCUT2D eigenvalue weighted by molar-refractivity contribution is 14.0. The summed E-state index contributed by atoms with van der Waals surface area (Å²) in [4.78, 5) is 10.7. The van der Waals surface area contributed by atoms with Crippen molar-refractivity contribution >= 4 is 35.6 Å². The van der Waals surface area contributed by atoms with Gasteiger partial charge in [0.2, 0.25) is 0 Å². The Morgan fingerprint density at radius 3 is 2.35 bits per heavy atom. The average molecular weight is 555 g/mol. The monoisotopic (exact) mass is 555 g/mol. The molecule has 2 fully saturated rings. The van der Waals surface area contributed by atoms with E-state index in [4.69, 9.17) is 9.73 Å². The van der Waals surface area contributed by atoms with Crippen LogP contribution in [0.2, 0.25) is 0 Å². The van der Waals surface area contributed by atoms with Crippen molar-refractivity contribution in [2.75, 3.05) is 63.9 Å². The Morgan fingerprint density at radius 2 is 1.74 bits per heavy atom. The molecule has 0 aromatic heterocycles. The fraction of sp³-hybridized carbons (Fsp3) is 0.667. The third-order valence-electron chi connectivity index (χ3n) is 5.71. The van der Waals surface area contributed by atoms with Crippen molar-refractivity contribution in [3.8, 4) is 0 Å². The molecule has 2 aliphatic rings. The zero-order valence-electron chi connectivity index (χ0n) is 18.2. The molecule has 31 heavy (non-hydrogen) atoms. The number of benzene rings is 1. The Kier molecular flexibility index (Phi) is 10.1. The standard InChI is InChI=1S/C21H32F3N5O.HI/c1-3-25-20(29-10-8-27(9-11-29)17(2)21(22,23)24)26-16-18-6-4-5-7-19(18)28-12-14-30-15-13-28;/h4-7,17H,3,8-16H2,1-2H3,(H,25,26);1H. The van der Waals surface area contributed by atoms with Gasteiger partial charge in [0.05, 0.1) is 19.8 Å². The quantitative estimate of drug-likeness (QED) is 0.344. The van der Waals surface area contributed by atoms with E-state index in [1.807, 2.05) is 19.1 Å². The first-order valence-corrected chi connectivity index (χ1v) is 10.6. The molecule has 0 aliphatic carbocycles. The highest BCUT2D eigenvalue weighted by atomic mass is 127. The van der Waals surface area contributed by atoms with E-state index in [1.165, 1.54) is 17.5 Å². The maximum atomic E-state index is 13.0. The second-order valence-electron chi connectivity index (χ2n) is 7.64. The summed E-state index contributed by atoms with van der Waals surface area (Å²) in [7, 11) is 0. The van der Waals surface area contributed by atoms with Crippen molar-refractivity contribution in [3.05, 3.63) is 29.8 Å². The van der Waals surface area contributed by atoms with Crippen LogP contribution in [0, 0.1) is 0 Å². The number of rotatable bonds is 5. The maximum absolute atomic E-state index is 13.0. The molecule has 0 bridgehead atoms. The third-order valence-corrected chi connectivity index (χ3v) is 5.71. The Morgan fingerprint density at radius 1 is 1.10 bits per heavy atom. The summed E-state index contributed by atoms with van der Waals surface area (Å²) >= 11 is 0. The number of guanidine groups is 1. The van der Waals surface area contributed by atoms with Gasteiger partial charge in [-0.1, -0.05) is 18.2 Å². The number of para-hydroxylation sites is 1. The minimum Gasteiger partial charge on any atom is -0.378 e. The van der Waals surface area contributed by atoms with Crippen LogP contribution in [0.25, 0.3) is 0 Å². The van der Waals surface area contributed by atoms with Gasteiger partial charge in [-0.15, -0.1) is 24.0 Å². The number of nitrogens with zero attached hydrogens (tertiary/aromatic N) is 4. The molecule has 1 aromatic carbocycles. The van der Waals surface area contributed by atoms with Crippen molar-refractivity contribution in [2.24, 2.45) is 4.99 Å². The van der Waals surface area contributed by atoms with Crippen LogP contribution in [-0.4, -0.2) is 87.0 Å². The van der Waals surface area contributed by atoms with E-state index in [0.29, 0.717) is 39.3 Å². The van der Waals surface area contributed by atoms with Gasteiger partial charge in [-0.25, -0.2) is 4.99 Å². The van der Waals surface area contributed by atoms with Crippen LogP contribution in [0.1, 0.15) is 19.4 Å². The van der Waals surface area contributed by atoms with Gasteiger partial charge in [0.15, 0.2) is 5.96 Å². The molecule has 3 rings (SSSR count). The summed E-state index contributed by atoms with van der Waals surface area (Å²) in [6, 6.07) is 6.82. The van der Waals surface area contributed by atoms with Crippen molar-refractivity contribution in [2.45, 2.75) is 32.6 Å². The molecule has 176 valence electrons. The Bertz CT molecular complexity index is 705. The smallest absolute Gasteiger partial charge is 0.378 e. The molecule has 0 saturated carbocycles. The average Bonchev–Trinajstić information content (AvgIpc) is 2.76. The number of hydrogen-bond donors (Lipinski definition) is 1. The van der Waals surface area contributed by atoms with Crippen LogP contribution in [0.5, 0.6) is 0 Å². The molecule has 0 spiro atoms. The molecule has 2 saturated heterocycles. The molecule has 0 amide bonds. The topological polar surface area (TPSA) is 43.3 Å². The molecule has 1 atom stereocenters. The maximum Gasteiger partial charge on any atom is 0.403 e. The van der Waals surface area contributed by atoms with E-state index in [2.05, 4.69) is 27.2 Å². The summed E-state index contributed by atoms with van der Waals surface area (Å²) in [5, 5.41) is 3.30. The number of ether oxygens (including phenoxy) is 1. The van der Waals surface area contributed by atoms with Gasteiger partial charge >= 0.3 is 6.18 Å². The molecule has 1 aromatic rings. The van der Waals surface area contributed by atoms with Crippen molar-refractivity contribution in [3.63, 3.8) is 0 Å². The lowest BCUT2D eigenvalue weighted by atomic mass is 10.1. The third kappa shape index (κ3) is 7.11. The van der Waals surface area contributed by atoms with E-state index in [0.717, 1.165) is 37.8 Å². The van der Waals surface area contributed by atoms with Gasteiger partial charge in [0.1, 0.15) is 6.04 Å². The van der Waals surface area contributed by atoms with E-state index >= 15 is 0 Å². The summed E-state index contributed by atoms with van der Waals surface area (Å²) in [6.45, 7) is 9.43. The summed E-state index contributed by atoms with van der Waals surface area (Å²) in [5.74, 6) is 0.758. The first kappa shape index (κ1) is 26.0. The molecule has 6 nitrogen and oxygen atoms in total. The largest absolute Gasteiger partial charge is 0.403 e. The summed E-state index contributed by atoms with van der Waals surface area (Å²) in [5.41, 5.74) is 2.31. The number of nitrogens with one attached hydrogen (secondary N) is 1. The van der Waals surface area contributed by atoms with Crippen molar-refractivity contribution < 1.29 is 17.9 Å². The number of hydrogen-bond acceptors (Lipinski definition) is 4. The Hall–Kier alpha value is -1.27. The number of halogens is 4. The van der Waals surface area contributed by atoms with E-state index in [-0.39, 0.29) is 24.0 Å². The lowest BCUT2D eigenvalue weighted by molar-refractivity contribution is -0.181. The van der Waals surface area contributed by atoms with Crippen LogP contribution in [-0.2, 0) is 11.3 Å². The van der Waals surface area contributed by atoms with Gasteiger partial charge in [-0.05, 0) is 25.5 Å². The number of aliphatic imine (C=N–C) groups is 1. The van der Waals surface area contributed by atoms with Crippen LogP contribution >= 0.6 is 24.0 Å². The number of piperazine rings is 1. The second kappa shape index (κ2) is 12.1. The van der Waals surface area contributed by atoms with Gasteiger partial charge in [-0.3, -0.25) is 4.90 Å². The lowest BCUT2D eigenvalue weighted by Gasteiger charge is -2.39. The van der Waals surface area contributed by atoms with Crippen LogP contribution in [0.3, 0.4) is 0 Å². The molecule has 2 aliphatic heterocycles. The van der Waals surface area contributed by atoms with E-state index < -0.39 is 12.2 Å². The van der Waals surface area contributed by atoms with Gasteiger partial charge < -0.3 is 19.9 Å². The van der Waals surface area contributed by atoms with Crippen LogP contribution in [0.15, 0.2) is 29.3 Å². The molecular weight excluding hydrogens is 522 g/mol. The van der Waals surface area contributed by atoms with Gasteiger partial charge in [0.25, 0.3) is 0 Å². The Labute approximate surface area is 199 Å². The van der Waals surface area contributed by atoms with Crippen LogP contribution < -0.4 is 10.2 Å². The summed E-state index contributed by atoms with van der Waals surface area (Å²) < 4.78 is 44.5. The number of anilines is 1. The minimum atomic E-state index is -4.19. The molecule has 1 unspecified atom stereocenters. The molecule has 2 heterocycles. The first-order valence-electron chi connectivity index (χ1n) is 10.6. The predicted octanol–water partition coefficient (Wildman–Crippen LogP) is 3.18. The molecule has 1 N–H and O–H groups in total. The zero-order chi connectivity index (χ0) is 21.6. The normalized spacial score (nSPS) is 19.7. The fourth-order valence-electron chi connectivity index (χ4n) is 3.87. The fourth-order valence-corrected chi connectivity index (χ4v) is 3.87. The van der Waals surface area contributed by atoms with Crippen molar-refractivity contribution in [1.29, 1.82) is 0 Å². The Balaban J connectivity index is 0.00000341. The van der Waals surface area contributed by atoms with E-state index in [1.54, 1.807) is 0 Å². The highest BCUT2D eigenvalue weighted by Crippen LogP contribution is 2.25. The lowest BCUT2D eigenvalue weighted by Crippen LogP contribution is -2.56. The van der Waals surface area contributed by atoms with Gasteiger partial charge in [0, 0.05) is 51.5 Å². The molecule has 0 radical (unpaired) electrons. The zero-order valence-corrected chi connectivity index (χ0v) is 20.5. The van der Waals surface area contributed by atoms with Crippen molar-refractivity contribution in [1.82, 2.24) is 15.1 Å². The van der Waals surface area contributed by atoms with Gasteiger partial charge in [-0.2, -0.15) is 13.2 Å². The second-order valence-corrected chi connectivity index (χ2v) is 7.64. The predicted molar refractivity (Wildman–Crippen MR) is 128 cm³/mol. The summed E-state index contributed by atoms with van der Waals surface area (Å²) in [6.07, 6.45) is -4.19. The molecule has 10 heteroatoms.